The fourth-order valence-electron chi connectivity index (χ4n) is 4.22. The van der Waals surface area contributed by atoms with Gasteiger partial charge in [0, 0.05) is 48.5 Å². The lowest BCUT2D eigenvalue weighted by molar-refractivity contribution is 0.0679. The molecule has 1 unspecified atom stereocenters. The van der Waals surface area contributed by atoms with Gasteiger partial charge in [-0.15, -0.1) is 12.4 Å². The summed E-state index contributed by atoms with van der Waals surface area (Å²) in [6.07, 6.45) is 4.82. The number of aliphatic hydroxyl groups is 1. The van der Waals surface area contributed by atoms with Crippen LogP contribution in [-0.4, -0.2) is 38.2 Å². The first-order chi connectivity index (χ1) is 13.1. The normalized spacial score (nSPS) is 19.9. The van der Waals surface area contributed by atoms with E-state index >= 15 is 0 Å². The van der Waals surface area contributed by atoms with Gasteiger partial charge >= 0.3 is 0 Å². The third-order valence-corrected chi connectivity index (χ3v) is 5.61. The second-order valence-electron chi connectivity index (χ2n) is 7.87. The molecule has 5 heteroatoms. The molecule has 1 atom stereocenters. The van der Waals surface area contributed by atoms with E-state index < -0.39 is 5.60 Å². The Balaban J connectivity index is 0.00000192. The summed E-state index contributed by atoms with van der Waals surface area (Å²) < 4.78 is 2.24. The van der Waals surface area contributed by atoms with Crippen molar-refractivity contribution in [1.29, 1.82) is 0 Å². The topological polar surface area (TPSA) is 41.3 Å². The fourth-order valence-corrected chi connectivity index (χ4v) is 4.22. The van der Waals surface area contributed by atoms with Crippen molar-refractivity contribution in [2.24, 2.45) is 0 Å². The Morgan fingerprint density at radius 1 is 1.11 bits per heavy atom. The maximum absolute atomic E-state index is 10.2. The number of aromatic nitrogens is 2. The Labute approximate surface area is 170 Å². The summed E-state index contributed by atoms with van der Waals surface area (Å²) in [5.41, 5.74) is 4.12. The van der Waals surface area contributed by atoms with E-state index in [4.69, 9.17) is 0 Å². The lowest BCUT2D eigenvalue weighted by Crippen LogP contribution is -2.29. The molecule has 1 N–H and O–H groups in total. The number of fused-ring (bicyclic) bond motifs is 2. The lowest BCUT2D eigenvalue weighted by Gasteiger charge is -2.19. The van der Waals surface area contributed by atoms with Crippen molar-refractivity contribution in [2.45, 2.75) is 25.5 Å². The first-order valence-corrected chi connectivity index (χ1v) is 9.48. The maximum Gasteiger partial charge on any atom is 0.0758 e. The second-order valence-corrected chi connectivity index (χ2v) is 7.87. The number of pyridine rings is 1. The van der Waals surface area contributed by atoms with E-state index in [1.807, 2.05) is 19.2 Å². The highest BCUT2D eigenvalue weighted by Crippen LogP contribution is 2.28. The Kier molecular flexibility index (Phi) is 4.88. The van der Waals surface area contributed by atoms with Crippen LogP contribution in [0.1, 0.15) is 18.9 Å². The summed E-state index contributed by atoms with van der Waals surface area (Å²) in [5, 5.41) is 12.7. The van der Waals surface area contributed by atoms with Crippen LogP contribution in [0.2, 0.25) is 0 Å². The van der Waals surface area contributed by atoms with Crippen molar-refractivity contribution in [3.8, 4) is 5.69 Å². The highest BCUT2D eigenvalue weighted by atomic mass is 35.5. The molecule has 144 valence electrons. The molecule has 0 spiro atoms. The van der Waals surface area contributed by atoms with Gasteiger partial charge in [0.25, 0.3) is 0 Å². The molecular formula is C23H24ClN3O. The summed E-state index contributed by atoms with van der Waals surface area (Å²) in [6, 6.07) is 19.2. The van der Waals surface area contributed by atoms with Gasteiger partial charge in [0.1, 0.15) is 0 Å². The first-order valence-electron chi connectivity index (χ1n) is 9.48. The minimum atomic E-state index is -0.557. The number of hydrogen-bond acceptors (Lipinski definition) is 3. The van der Waals surface area contributed by atoms with Crippen LogP contribution in [0.3, 0.4) is 0 Å². The average Bonchev–Trinajstić information content (AvgIpc) is 3.25. The van der Waals surface area contributed by atoms with Gasteiger partial charge in [-0.3, -0.25) is 9.88 Å². The van der Waals surface area contributed by atoms with Gasteiger partial charge in [0.15, 0.2) is 0 Å². The molecule has 0 radical (unpaired) electrons. The summed E-state index contributed by atoms with van der Waals surface area (Å²) >= 11 is 0. The molecule has 1 saturated heterocycles. The van der Waals surface area contributed by atoms with Gasteiger partial charge in [0.2, 0.25) is 0 Å². The van der Waals surface area contributed by atoms with E-state index in [0.717, 1.165) is 42.6 Å². The predicted molar refractivity (Wildman–Crippen MR) is 116 cm³/mol. The number of likely N-dealkylation sites (tertiary alicyclic amines) is 1. The number of hydrogen-bond donors (Lipinski definition) is 1. The van der Waals surface area contributed by atoms with Gasteiger partial charge in [-0.05, 0) is 55.3 Å². The van der Waals surface area contributed by atoms with Gasteiger partial charge in [-0.2, -0.15) is 0 Å². The van der Waals surface area contributed by atoms with Crippen molar-refractivity contribution in [3.05, 3.63) is 72.6 Å². The van der Waals surface area contributed by atoms with Crippen molar-refractivity contribution >= 4 is 34.2 Å². The largest absolute Gasteiger partial charge is 0.389 e. The van der Waals surface area contributed by atoms with Crippen LogP contribution < -0.4 is 0 Å². The molecule has 4 aromatic rings. The lowest BCUT2D eigenvalue weighted by atomic mass is 10.1. The van der Waals surface area contributed by atoms with Crippen LogP contribution in [0, 0.1) is 0 Å². The van der Waals surface area contributed by atoms with Gasteiger partial charge in [-0.1, -0.05) is 18.2 Å². The molecule has 1 aliphatic heterocycles. The van der Waals surface area contributed by atoms with E-state index in [0.29, 0.717) is 0 Å². The number of β-amino-alcohol motifs (C(OH)–C–C–N with tert-alkyl or cyclic N) is 1. The van der Waals surface area contributed by atoms with Crippen molar-refractivity contribution in [2.75, 3.05) is 13.1 Å². The summed E-state index contributed by atoms with van der Waals surface area (Å²) in [5.74, 6) is 0. The van der Waals surface area contributed by atoms with Crippen LogP contribution in [0.15, 0.2) is 67.0 Å². The molecule has 5 rings (SSSR count). The van der Waals surface area contributed by atoms with E-state index in [9.17, 15) is 5.11 Å². The zero-order valence-corrected chi connectivity index (χ0v) is 16.7. The Morgan fingerprint density at radius 3 is 2.82 bits per heavy atom. The van der Waals surface area contributed by atoms with Crippen molar-refractivity contribution < 1.29 is 5.11 Å². The Hall–Kier alpha value is -2.40. The second kappa shape index (κ2) is 7.21. The zero-order chi connectivity index (χ0) is 18.4. The SMILES string of the molecule is CC1(O)CCN(Cc2cccc3c2ccn3-c2ccc3ncccc3c2)C1.Cl. The minimum Gasteiger partial charge on any atom is -0.389 e. The number of benzene rings is 2. The van der Waals surface area contributed by atoms with Crippen LogP contribution >= 0.6 is 12.4 Å². The third kappa shape index (κ3) is 3.39. The molecule has 0 amide bonds. The monoisotopic (exact) mass is 393 g/mol. The summed E-state index contributed by atoms with van der Waals surface area (Å²) in [4.78, 5) is 6.76. The molecular weight excluding hydrogens is 370 g/mol. The standard InChI is InChI=1S/C23H23N3O.ClH/c1-23(27)10-13-25(16-23)15-18-4-2-6-22-20(18)9-12-26(22)19-7-8-21-17(14-19)5-3-11-24-21;/h2-9,11-12,14,27H,10,13,15-16H2,1H3;1H. The summed E-state index contributed by atoms with van der Waals surface area (Å²) in [6.45, 7) is 4.49. The number of halogens is 1. The highest BCUT2D eigenvalue weighted by Gasteiger charge is 2.31. The van der Waals surface area contributed by atoms with Crippen LogP contribution in [-0.2, 0) is 6.54 Å². The Morgan fingerprint density at radius 2 is 2.00 bits per heavy atom. The highest BCUT2D eigenvalue weighted by molar-refractivity contribution is 5.87. The van der Waals surface area contributed by atoms with Crippen LogP contribution in [0.4, 0.5) is 0 Å². The quantitative estimate of drug-likeness (QED) is 0.554. The van der Waals surface area contributed by atoms with Crippen molar-refractivity contribution in [1.82, 2.24) is 14.5 Å². The fraction of sp³-hybridized carbons (Fsp3) is 0.261. The molecule has 1 fully saturated rings. The van der Waals surface area contributed by atoms with Crippen molar-refractivity contribution in [3.63, 3.8) is 0 Å². The number of rotatable bonds is 3. The molecule has 0 saturated carbocycles. The predicted octanol–water partition coefficient (Wildman–Crippen LogP) is 4.56. The van der Waals surface area contributed by atoms with Crippen LogP contribution in [0.5, 0.6) is 0 Å². The Bertz CT molecular complexity index is 1140. The van der Waals surface area contributed by atoms with Gasteiger partial charge in [-0.25, -0.2) is 0 Å². The zero-order valence-electron chi connectivity index (χ0n) is 15.9. The molecule has 1 aliphatic rings. The van der Waals surface area contributed by atoms with Gasteiger partial charge in [0.05, 0.1) is 16.6 Å². The van der Waals surface area contributed by atoms with Crippen LogP contribution in [0.25, 0.3) is 27.5 Å². The minimum absolute atomic E-state index is 0. The van der Waals surface area contributed by atoms with E-state index in [1.165, 1.54) is 16.5 Å². The molecule has 2 aromatic carbocycles. The molecule has 2 aromatic heterocycles. The molecule has 4 nitrogen and oxygen atoms in total. The van der Waals surface area contributed by atoms with E-state index in [2.05, 4.69) is 69.2 Å². The smallest absolute Gasteiger partial charge is 0.0758 e. The number of nitrogens with zero attached hydrogens (tertiary/aromatic N) is 3. The molecule has 3 heterocycles. The average molecular weight is 394 g/mol. The van der Waals surface area contributed by atoms with Gasteiger partial charge < -0.3 is 9.67 Å². The molecule has 0 aliphatic carbocycles. The summed E-state index contributed by atoms with van der Waals surface area (Å²) in [7, 11) is 0. The third-order valence-electron chi connectivity index (χ3n) is 5.61. The maximum atomic E-state index is 10.2. The van der Waals surface area contributed by atoms with E-state index in [1.54, 1.807) is 0 Å². The molecule has 28 heavy (non-hydrogen) atoms. The molecule has 0 bridgehead atoms. The first kappa shape index (κ1) is 18.9. The van der Waals surface area contributed by atoms with E-state index in [-0.39, 0.29) is 12.4 Å².